The summed E-state index contributed by atoms with van der Waals surface area (Å²) in [7, 11) is 0. The van der Waals surface area contributed by atoms with Gasteiger partial charge in [-0.1, -0.05) is 24.3 Å². The highest BCUT2D eigenvalue weighted by Gasteiger charge is 1.99. The Labute approximate surface area is 89.0 Å². The summed E-state index contributed by atoms with van der Waals surface area (Å²) in [4.78, 5) is 10.7. The first-order valence-electron chi connectivity index (χ1n) is 4.94. The van der Waals surface area contributed by atoms with E-state index < -0.39 is 0 Å². The number of nitrogens with two attached hydrogens (primary N) is 1. The molecule has 0 atom stereocenters. The van der Waals surface area contributed by atoms with Gasteiger partial charge >= 0.3 is 0 Å². The third-order valence-corrected chi connectivity index (χ3v) is 2.24. The van der Waals surface area contributed by atoms with Gasteiger partial charge in [0.2, 0.25) is 0 Å². The first-order chi connectivity index (χ1) is 7.26. The van der Waals surface area contributed by atoms with Crippen LogP contribution in [0.2, 0.25) is 0 Å². The molecule has 1 rings (SSSR count). The molecule has 3 N–H and O–H groups in total. The van der Waals surface area contributed by atoms with Crippen molar-refractivity contribution in [2.75, 3.05) is 0 Å². The monoisotopic (exact) mass is 205 g/mol. The molecule has 0 aliphatic heterocycles. The van der Waals surface area contributed by atoms with Crippen molar-refractivity contribution in [2.45, 2.75) is 25.8 Å². The smallest absolute Gasteiger partial charge is 0.264 e. The van der Waals surface area contributed by atoms with Crippen LogP contribution in [0.5, 0.6) is 0 Å². The molecule has 0 aliphatic rings. The van der Waals surface area contributed by atoms with Gasteiger partial charge in [0.1, 0.15) is 0 Å². The maximum absolute atomic E-state index is 10.7. The molecular weight excluding hydrogens is 190 g/mol. The average molecular weight is 205 g/mol. The summed E-state index contributed by atoms with van der Waals surface area (Å²) in [5.41, 5.74) is 14.3. The largest absolute Gasteiger partial charge is 0.326 e. The second-order valence-electron chi connectivity index (χ2n) is 3.38. The van der Waals surface area contributed by atoms with Crippen LogP contribution in [-0.2, 0) is 17.8 Å². The number of hydrogen-bond acceptors (Lipinski definition) is 3. The number of benzene rings is 1. The lowest BCUT2D eigenvalue weighted by Crippen LogP contribution is -1.97. The number of carbonyl (C=O) groups excluding carboxylic acids is 1. The van der Waals surface area contributed by atoms with Gasteiger partial charge in [0.05, 0.1) is 0 Å². The molecule has 15 heavy (non-hydrogen) atoms. The van der Waals surface area contributed by atoms with Gasteiger partial charge in [-0.3, -0.25) is 4.79 Å². The number of nitrogens with zero attached hydrogens (tertiary/aromatic N) is 1. The van der Waals surface area contributed by atoms with Crippen molar-refractivity contribution in [1.29, 1.82) is 5.53 Å². The van der Waals surface area contributed by atoms with Crippen LogP contribution in [0.25, 0.3) is 0 Å². The Morgan fingerprint density at radius 3 is 2.40 bits per heavy atom. The van der Waals surface area contributed by atoms with Crippen LogP contribution < -0.4 is 5.73 Å². The van der Waals surface area contributed by atoms with E-state index in [1.807, 2.05) is 24.3 Å². The second kappa shape index (κ2) is 6.03. The molecule has 1 aromatic rings. The Balaban J connectivity index is 2.37. The predicted molar refractivity (Wildman–Crippen MR) is 57.4 cm³/mol. The summed E-state index contributed by atoms with van der Waals surface area (Å²) in [5, 5.41) is 2.84. The van der Waals surface area contributed by atoms with Crippen molar-refractivity contribution in [2.24, 2.45) is 10.8 Å². The SMILES string of the molecule is N=NC(=O)CCCc1ccc(CN)cc1. The standard InChI is InChI=1S/C11H15N3O/c12-8-10-6-4-9(5-7-10)2-1-3-11(15)14-13/h4-7,13H,1-3,8,12H2. The van der Waals surface area contributed by atoms with E-state index in [1.165, 1.54) is 5.56 Å². The van der Waals surface area contributed by atoms with E-state index in [0.29, 0.717) is 13.0 Å². The van der Waals surface area contributed by atoms with Crippen molar-refractivity contribution in [3.8, 4) is 0 Å². The van der Waals surface area contributed by atoms with Crippen LogP contribution in [0.15, 0.2) is 29.4 Å². The van der Waals surface area contributed by atoms with Crippen LogP contribution in [0.1, 0.15) is 24.0 Å². The zero-order valence-electron chi connectivity index (χ0n) is 8.57. The number of aryl methyl sites for hydroxylation is 1. The van der Waals surface area contributed by atoms with Gasteiger partial charge in [-0.05, 0) is 24.0 Å². The first kappa shape index (κ1) is 11.5. The summed E-state index contributed by atoms with van der Waals surface area (Å²) in [6.45, 7) is 0.552. The van der Waals surface area contributed by atoms with Crippen LogP contribution in [-0.4, -0.2) is 5.91 Å². The molecule has 80 valence electrons. The third-order valence-electron chi connectivity index (χ3n) is 2.24. The number of carbonyl (C=O) groups is 1. The maximum Gasteiger partial charge on any atom is 0.264 e. The molecule has 0 fully saturated rings. The Kier molecular flexibility index (Phi) is 4.63. The molecule has 0 saturated heterocycles. The van der Waals surface area contributed by atoms with Crippen LogP contribution in [0.4, 0.5) is 0 Å². The van der Waals surface area contributed by atoms with E-state index in [9.17, 15) is 4.79 Å². The Morgan fingerprint density at radius 2 is 1.87 bits per heavy atom. The third kappa shape index (κ3) is 3.99. The lowest BCUT2D eigenvalue weighted by atomic mass is 10.1. The van der Waals surface area contributed by atoms with Crippen molar-refractivity contribution in [1.82, 2.24) is 0 Å². The molecule has 0 saturated carbocycles. The van der Waals surface area contributed by atoms with Gasteiger partial charge in [-0.2, -0.15) is 0 Å². The Morgan fingerprint density at radius 1 is 1.27 bits per heavy atom. The molecule has 1 amide bonds. The minimum absolute atomic E-state index is 0.349. The molecule has 0 radical (unpaired) electrons. The summed E-state index contributed by atoms with van der Waals surface area (Å²) < 4.78 is 0. The lowest BCUT2D eigenvalue weighted by Gasteiger charge is -2.01. The van der Waals surface area contributed by atoms with Crippen molar-refractivity contribution < 1.29 is 4.79 Å². The minimum Gasteiger partial charge on any atom is -0.326 e. The predicted octanol–water partition coefficient (Wildman–Crippen LogP) is 2.03. The molecule has 0 heterocycles. The molecule has 0 aliphatic carbocycles. The molecular formula is C11H15N3O. The van der Waals surface area contributed by atoms with Crippen molar-refractivity contribution >= 4 is 5.91 Å². The number of nitrogens with one attached hydrogen (secondary N) is 1. The number of hydrogen-bond donors (Lipinski definition) is 2. The summed E-state index contributed by atoms with van der Waals surface area (Å²) in [6, 6.07) is 8.02. The quantitative estimate of drug-likeness (QED) is 0.721. The topological polar surface area (TPSA) is 79.3 Å². The highest BCUT2D eigenvalue weighted by molar-refractivity contribution is 5.75. The number of rotatable bonds is 5. The summed E-state index contributed by atoms with van der Waals surface area (Å²) >= 11 is 0. The Bertz CT molecular complexity index is 332. The van der Waals surface area contributed by atoms with E-state index in [1.54, 1.807) is 0 Å². The molecule has 1 aromatic carbocycles. The molecule has 0 aromatic heterocycles. The average Bonchev–Trinajstić information content (AvgIpc) is 2.29. The normalized spacial score (nSPS) is 9.93. The van der Waals surface area contributed by atoms with Crippen LogP contribution in [0.3, 0.4) is 0 Å². The summed E-state index contributed by atoms with van der Waals surface area (Å²) in [5.74, 6) is -0.353. The first-order valence-corrected chi connectivity index (χ1v) is 4.94. The van der Waals surface area contributed by atoms with Gasteiger partial charge in [0.25, 0.3) is 5.91 Å². The fourth-order valence-corrected chi connectivity index (χ4v) is 1.34. The lowest BCUT2D eigenvalue weighted by molar-refractivity contribution is -0.118. The molecule has 0 spiro atoms. The van der Waals surface area contributed by atoms with Gasteiger partial charge < -0.3 is 5.73 Å². The highest BCUT2D eigenvalue weighted by Crippen LogP contribution is 2.07. The van der Waals surface area contributed by atoms with Gasteiger partial charge in [0, 0.05) is 13.0 Å². The van der Waals surface area contributed by atoms with Crippen LogP contribution in [0, 0.1) is 5.53 Å². The second-order valence-corrected chi connectivity index (χ2v) is 3.38. The van der Waals surface area contributed by atoms with Gasteiger partial charge in [-0.15, -0.1) is 5.11 Å². The zero-order valence-corrected chi connectivity index (χ0v) is 8.57. The minimum atomic E-state index is -0.353. The molecule has 4 nitrogen and oxygen atoms in total. The molecule has 0 unspecified atom stereocenters. The van der Waals surface area contributed by atoms with Crippen LogP contribution >= 0.6 is 0 Å². The van der Waals surface area contributed by atoms with E-state index in [0.717, 1.165) is 18.4 Å². The fraction of sp³-hybridized carbons (Fsp3) is 0.364. The van der Waals surface area contributed by atoms with Gasteiger partial charge in [-0.25, -0.2) is 5.53 Å². The van der Waals surface area contributed by atoms with E-state index in [4.69, 9.17) is 11.3 Å². The van der Waals surface area contributed by atoms with E-state index >= 15 is 0 Å². The number of amides is 1. The molecule has 4 heteroatoms. The van der Waals surface area contributed by atoms with Crippen molar-refractivity contribution in [3.05, 3.63) is 35.4 Å². The van der Waals surface area contributed by atoms with Gasteiger partial charge in [0.15, 0.2) is 0 Å². The maximum atomic E-state index is 10.7. The Hall–Kier alpha value is -1.55. The fourth-order valence-electron chi connectivity index (χ4n) is 1.34. The summed E-state index contributed by atoms with van der Waals surface area (Å²) in [6.07, 6.45) is 1.93. The zero-order chi connectivity index (χ0) is 11.1. The van der Waals surface area contributed by atoms with Crippen molar-refractivity contribution in [3.63, 3.8) is 0 Å². The highest BCUT2D eigenvalue weighted by atomic mass is 16.1. The van der Waals surface area contributed by atoms with E-state index in [2.05, 4.69) is 5.11 Å². The molecule has 0 bridgehead atoms. The van der Waals surface area contributed by atoms with E-state index in [-0.39, 0.29) is 5.91 Å².